The minimum atomic E-state index is -1.00. The second-order valence-corrected chi connectivity index (χ2v) is 6.24. The van der Waals surface area contributed by atoms with Crippen molar-refractivity contribution in [1.29, 1.82) is 0 Å². The van der Waals surface area contributed by atoms with Gasteiger partial charge in [-0.25, -0.2) is 8.78 Å². The monoisotopic (exact) mass is 386 g/mol. The van der Waals surface area contributed by atoms with E-state index >= 15 is 0 Å². The summed E-state index contributed by atoms with van der Waals surface area (Å²) < 4.78 is 29.1. The van der Waals surface area contributed by atoms with Crippen molar-refractivity contribution in [3.63, 3.8) is 0 Å². The van der Waals surface area contributed by atoms with Crippen LogP contribution in [-0.4, -0.2) is 9.55 Å². The molecule has 2 aromatic heterocycles. The number of hydrogen-bond acceptors (Lipinski definition) is 2. The molecule has 0 aliphatic rings. The Morgan fingerprint density at radius 1 is 0.958 bits per heavy atom. The van der Waals surface area contributed by atoms with Gasteiger partial charge in [0.25, 0.3) is 5.56 Å². The van der Waals surface area contributed by atoms with Gasteiger partial charge in [-0.1, -0.05) is 15.9 Å². The first kappa shape index (κ1) is 15.0. The summed E-state index contributed by atoms with van der Waals surface area (Å²) in [5.74, 6) is -1.96. The van der Waals surface area contributed by atoms with Crippen LogP contribution < -0.4 is 5.56 Å². The average Bonchev–Trinajstić information content (AvgIpc) is 2.57. The summed E-state index contributed by atoms with van der Waals surface area (Å²) in [6.07, 6.45) is 1.65. The van der Waals surface area contributed by atoms with Crippen LogP contribution in [0.4, 0.5) is 8.78 Å². The Morgan fingerprint density at radius 2 is 1.79 bits per heavy atom. The maximum atomic E-state index is 13.7. The molecule has 0 aliphatic carbocycles. The average molecular weight is 387 g/mol. The summed E-state index contributed by atoms with van der Waals surface area (Å²) in [5.41, 5.74) is 1.23. The van der Waals surface area contributed by atoms with Crippen molar-refractivity contribution >= 4 is 37.7 Å². The lowest BCUT2D eigenvalue weighted by Gasteiger charge is -2.13. The number of pyridine rings is 2. The first-order valence-corrected chi connectivity index (χ1v) is 7.89. The summed E-state index contributed by atoms with van der Waals surface area (Å²) in [7, 11) is 0. The predicted molar refractivity (Wildman–Crippen MR) is 92.5 cm³/mol. The van der Waals surface area contributed by atoms with Gasteiger partial charge in [0.1, 0.15) is 0 Å². The van der Waals surface area contributed by atoms with Gasteiger partial charge in [-0.15, -0.1) is 0 Å². The van der Waals surface area contributed by atoms with Gasteiger partial charge < -0.3 is 0 Å². The molecule has 6 heteroatoms. The van der Waals surface area contributed by atoms with E-state index in [1.807, 2.05) is 18.2 Å². The highest BCUT2D eigenvalue weighted by Crippen LogP contribution is 2.27. The molecule has 4 aromatic rings. The van der Waals surface area contributed by atoms with E-state index in [1.54, 1.807) is 12.3 Å². The lowest BCUT2D eigenvalue weighted by Crippen LogP contribution is -2.18. The van der Waals surface area contributed by atoms with Gasteiger partial charge in [-0.05, 0) is 36.4 Å². The highest BCUT2D eigenvalue weighted by Gasteiger charge is 2.12. The Bertz CT molecular complexity index is 1170. The number of halogens is 3. The summed E-state index contributed by atoms with van der Waals surface area (Å²) in [6.45, 7) is 0. The quantitative estimate of drug-likeness (QED) is 0.448. The number of benzene rings is 2. The Kier molecular flexibility index (Phi) is 3.42. The fraction of sp³-hybridized carbons (Fsp3) is 0. The summed E-state index contributed by atoms with van der Waals surface area (Å²) in [6, 6.07) is 12.0. The second-order valence-electron chi connectivity index (χ2n) is 5.33. The number of fused-ring (bicyclic) bond motifs is 3. The van der Waals surface area contributed by atoms with Gasteiger partial charge >= 0.3 is 0 Å². The van der Waals surface area contributed by atoms with Crippen LogP contribution in [0.5, 0.6) is 0 Å². The molecule has 2 aromatic carbocycles. The van der Waals surface area contributed by atoms with Gasteiger partial charge in [0.2, 0.25) is 0 Å². The van der Waals surface area contributed by atoms with Gasteiger partial charge in [-0.2, -0.15) is 0 Å². The van der Waals surface area contributed by atoms with Crippen molar-refractivity contribution in [2.24, 2.45) is 0 Å². The minimum absolute atomic E-state index is 0.261. The van der Waals surface area contributed by atoms with Crippen molar-refractivity contribution < 1.29 is 8.78 Å². The standard InChI is InChI=1S/C18H9BrF2N2O/c19-11-2-5-16-13(7-11)18-10(9-22-16)1-6-17(24)23(18)12-3-4-14(20)15(21)8-12/h1-9H. The fourth-order valence-corrected chi connectivity index (χ4v) is 3.13. The SMILES string of the molecule is O=c1ccc2cnc3ccc(Br)cc3c2n1-c1ccc(F)c(F)c1. The maximum Gasteiger partial charge on any atom is 0.255 e. The molecular weight excluding hydrogens is 378 g/mol. The van der Waals surface area contributed by atoms with Crippen molar-refractivity contribution in [2.75, 3.05) is 0 Å². The second kappa shape index (κ2) is 5.49. The zero-order chi connectivity index (χ0) is 16.8. The van der Waals surface area contributed by atoms with Gasteiger partial charge in [0, 0.05) is 33.6 Å². The van der Waals surface area contributed by atoms with Crippen molar-refractivity contribution in [1.82, 2.24) is 9.55 Å². The van der Waals surface area contributed by atoms with E-state index in [-0.39, 0.29) is 11.2 Å². The largest absolute Gasteiger partial charge is 0.276 e. The van der Waals surface area contributed by atoms with Crippen molar-refractivity contribution in [3.8, 4) is 5.69 Å². The maximum absolute atomic E-state index is 13.7. The Hall–Kier alpha value is -2.60. The van der Waals surface area contributed by atoms with E-state index in [0.717, 1.165) is 27.4 Å². The van der Waals surface area contributed by atoms with Crippen LogP contribution >= 0.6 is 15.9 Å². The minimum Gasteiger partial charge on any atom is -0.276 e. The molecule has 0 spiro atoms. The van der Waals surface area contributed by atoms with Gasteiger partial charge in [-0.3, -0.25) is 14.3 Å². The number of hydrogen-bond donors (Lipinski definition) is 0. The number of rotatable bonds is 1. The van der Waals surface area contributed by atoms with Crippen LogP contribution in [0.1, 0.15) is 0 Å². The molecule has 0 radical (unpaired) electrons. The third-order valence-corrected chi connectivity index (χ3v) is 4.33. The van der Waals surface area contributed by atoms with Crippen LogP contribution in [0, 0.1) is 11.6 Å². The molecule has 3 nitrogen and oxygen atoms in total. The normalized spacial score (nSPS) is 11.3. The van der Waals surface area contributed by atoms with E-state index in [4.69, 9.17) is 0 Å². The Labute approximate surface area is 143 Å². The zero-order valence-corrected chi connectivity index (χ0v) is 13.7. The molecule has 0 bridgehead atoms. The molecule has 24 heavy (non-hydrogen) atoms. The van der Waals surface area contributed by atoms with E-state index in [2.05, 4.69) is 20.9 Å². The molecule has 2 heterocycles. The molecule has 0 aliphatic heterocycles. The zero-order valence-electron chi connectivity index (χ0n) is 12.1. The lowest BCUT2D eigenvalue weighted by atomic mass is 10.1. The molecule has 0 saturated heterocycles. The van der Waals surface area contributed by atoms with Crippen molar-refractivity contribution in [2.45, 2.75) is 0 Å². The van der Waals surface area contributed by atoms with Crippen LogP contribution in [0.3, 0.4) is 0 Å². The highest BCUT2D eigenvalue weighted by molar-refractivity contribution is 9.10. The van der Waals surface area contributed by atoms with Crippen LogP contribution in [0.2, 0.25) is 0 Å². The molecule has 118 valence electrons. The lowest BCUT2D eigenvalue weighted by molar-refractivity contribution is 0.508. The fourth-order valence-electron chi connectivity index (χ4n) is 2.76. The topological polar surface area (TPSA) is 34.9 Å². The molecule has 0 saturated carbocycles. The third-order valence-electron chi connectivity index (χ3n) is 3.84. The smallest absolute Gasteiger partial charge is 0.255 e. The van der Waals surface area contributed by atoms with E-state index in [9.17, 15) is 13.6 Å². The molecule has 0 unspecified atom stereocenters. The van der Waals surface area contributed by atoms with Crippen LogP contribution in [0.15, 0.2) is 64.0 Å². The molecule has 4 rings (SSSR count). The first-order chi connectivity index (χ1) is 11.5. The number of nitrogens with zero attached hydrogens (tertiary/aromatic N) is 2. The van der Waals surface area contributed by atoms with Gasteiger partial charge in [0.15, 0.2) is 11.6 Å². The van der Waals surface area contributed by atoms with Gasteiger partial charge in [0.05, 0.1) is 16.7 Å². The van der Waals surface area contributed by atoms with Crippen LogP contribution in [0.25, 0.3) is 27.5 Å². The summed E-state index contributed by atoms with van der Waals surface area (Å²) in [5, 5.41) is 1.47. The molecule has 0 N–H and O–H groups in total. The molecule has 0 amide bonds. The van der Waals surface area contributed by atoms with Crippen molar-refractivity contribution in [3.05, 3.63) is 81.2 Å². The van der Waals surface area contributed by atoms with E-state index in [1.165, 1.54) is 16.7 Å². The molecular formula is C18H9BrF2N2O. The number of aromatic nitrogens is 2. The Balaban J connectivity index is 2.21. The van der Waals surface area contributed by atoms with E-state index in [0.29, 0.717) is 11.0 Å². The summed E-state index contributed by atoms with van der Waals surface area (Å²) >= 11 is 3.41. The molecule has 0 fully saturated rings. The molecule has 0 atom stereocenters. The predicted octanol–water partition coefficient (Wildman–Crippen LogP) is 4.58. The van der Waals surface area contributed by atoms with Crippen LogP contribution in [-0.2, 0) is 0 Å². The highest BCUT2D eigenvalue weighted by atomic mass is 79.9. The summed E-state index contributed by atoms with van der Waals surface area (Å²) in [4.78, 5) is 16.8. The van der Waals surface area contributed by atoms with E-state index < -0.39 is 11.6 Å². The Morgan fingerprint density at radius 3 is 2.58 bits per heavy atom. The first-order valence-electron chi connectivity index (χ1n) is 7.10. The third kappa shape index (κ3) is 2.30.